The van der Waals surface area contributed by atoms with Crippen LogP contribution in [0.2, 0.25) is 0 Å². The van der Waals surface area contributed by atoms with Crippen molar-refractivity contribution < 1.29 is 22.7 Å². The molecule has 1 N–H and O–H groups in total. The van der Waals surface area contributed by atoms with E-state index >= 15 is 0 Å². The Hall–Kier alpha value is -3.60. The normalized spacial score (nSPS) is 11.0. The minimum Gasteiger partial charge on any atom is -0.505 e. The van der Waals surface area contributed by atoms with Crippen molar-refractivity contribution in [1.82, 2.24) is 0 Å². The summed E-state index contributed by atoms with van der Waals surface area (Å²) in [5.41, 5.74) is 2.62. The molecule has 0 heterocycles. The Balaban J connectivity index is 1.72. The molecule has 0 unspecified atom stereocenters. The molecule has 150 valence electrons. The van der Waals surface area contributed by atoms with E-state index in [4.69, 9.17) is 0 Å². The van der Waals surface area contributed by atoms with Crippen LogP contribution in [0.5, 0.6) is 5.75 Å². The molecule has 0 saturated heterocycles. The number of halogens is 4. The van der Waals surface area contributed by atoms with Crippen molar-refractivity contribution in [2.45, 2.75) is 6.92 Å². The first-order chi connectivity index (χ1) is 14.4. The molecule has 0 atom stereocenters. The molecular weight excluding hydrogens is 392 g/mol. The SMILES string of the molecule is Cc1ccc(-c2ccc(-c3ccc(-c4ccc(O)c(F)c4F)c(F)c3F)cc2)cc1. The number of aromatic hydroxyl groups is 1. The van der Waals surface area contributed by atoms with Gasteiger partial charge in [0.25, 0.3) is 0 Å². The van der Waals surface area contributed by atoms with Gasteiger partial charge in [0, 0.05) is 16.7 Å². The molecule has 4 aromatic rings. The maximum atomic E-state index is 14.8. The highest BCUT2D eigenvalue weighted by Gasteiger charge is 2.21. The minimum atomic E-state index is -1.51. The van der Waals surface area contributed by atoms with Crippen LogP contribution in [0.3, 0.4) is 0 Å². The number of phenolic OH excluding ortho intramolecular Hbond substituents is 1. The van der Waals surface area contributed by atoms with Gasteiger partial charge in [-0.05, 0) is 35.7 Å². The zero-order valence-electron chi connectivity index (χ0n) is 15.9. The summed E-state index contributed by atoms with van der Waals surface area (Å²) in [6.45, 7) is 1.99. The lowest BCUT2D eigenvalue weighted by Crippen LogP contribution is -1.97. The smallest absolute Gasteiger partial charge is 0.200 e. The van der Waals surface area contributed by atoms with Gasteiger partial charge in [-0.2, -0.15) is 4.39 Å². The van der Waals surface area contributed by atoms with Gasteiger partial charge in [0.1, 0.15) is 0 Å². The fourth-order valence-corrected chi connectivity index (χ4v) is 3.32. The highest BCUT2D eigenvalue weighted by Crippen LogP contribution is 2.35. The number of hydrogen-bond acceptors (Lipinski definition) is 1. The van der Waals surface area contributed by atoms with Crippen LogP contribution in [0.1, 0.15) is 5.56 Å². The standard InChI is InChI=1S/C25H16F4O/c1-14-2-4-15(5-3-14)16-6-8-17(9-7-16)18-10-11-19(23(27)22(18)26)20-12-13-21(30)25(29)24(20)28/h2-13,30H,1H3. The van der Waals surface area contributed by atoms with Crippen LogP contribution in [0, 0.1) is 30.2 Å². The van der Waals surface area contributed by atoms with Gasteiger partial charge in [0.2, 0.25) is 5.82 Å². The molecule has 0 fully saturated rings. The van der Waals surface area contributed by atoms with E-state index in [0.717, 1.165) is 28.8 Å². The molecule has 30 heavy (non-hydrogen) atoms. The monoisotopic (exact) mass is 408 g/mol. The fourth-order valence-electron chi connectivity index (χ4n) is 3.32. The Morgan fingerprint density at radius 1 is 0.467 bits per heavy atom. The first-order valence-electron chi connectivity index (χ1n) is 9.19. The maximum Gasteiger partial charge on any atom is 0.200 e. The second-order valence-corrected chi connectivity index (χ2v) is 6.99. The van der Waals surface area contributed by atoms with Gasteiger partial charge in [-0.3, -0.25) is 0 Å². The zero-order valence-corrected chi connectivity index (χ0v) is 15.9. The van der Waals surface area contributed by atoms with Crippen LogP contribution in [0.4, 0.5) is 17.6 Å². The second kappa shape index (κ2) is 7.67. The molecule has 5 heteroatoms. The quantitative estimate of drug-likeness (QED) is 0.354. The number of phenols is 1. The minimum absolute atomic E-state index is 0.00589. The van der Waals surface area contributed by atoms with E-state index in [1.807, 2.05) is 31.2 Å². The summed E-state index contributed by atoms with van der Waals surface area (Å²) in [7, 11) is 0. The average molecular weight is 408 g/mol. The third-order valence-corrected chi connectivity index (χ3v) is 5.02. The molecule has 0 aliphatic heterocycles. The summed E-state index contributed by atoms with van der Waals surface area (Å²) >= 11 is 0. The van der Waals surface area contributed by atoms with E-state index in [0.29, 0.717) is 5.56 Å². The van der Waals surface area contributed by atoms with Crippen LogP contribution in [0.25, 0.3) is 33.4 Å². The van der Waals surface area contributed by atoms with Crippen molar-refractivity contribution in [3.8, 4) is 39.1 Å². The Kier molecular flexibility index (Phi) is 5.04. The van der Waals surface area contributed by atoms with Gasteiger partial charge in [0.05, 0.1) is 0 Å². The molecule has 0 aliphatic rings. The molecule has 0 radical (unpaired) electrons. The van der Waals surface area contributed by atoms with Crippen LogP contribution < -0.4 is 0 Å². The Labute approximate surface area is 170 Å². The first kappa shape index (κ1) is 19.7. The topological polar surface area (TPSA) is 20.2 Å². The Bertz CT molecular complexity index is 1230. The van der Waals surface area contributed by atoms with E-state index in [2.05, 4.69) is 0 Å². The molecule has 0 bridgehead atoms. The van der Waals surface area contributed by atoms with Gasteiger partial charge in [-0.25, -0.2) is 13.2 Å². The summed E-state index contributed by atoms with van der Waals surface area (Å²) in [5.74, 6) is -6.31. The zero-order chi connectivity index (χ0) is 21.4. The summed E-state index contributed by atoms with van der Waals surface area (Å²) in [4.78, 5) is 0. The van der Waals surface area contributed by atoms with Crippen molar-refractivity contribution >= 4 is 0 Å². The largest absolute Gasteiger partial charge is 0.505 e. The molecular formula is C25H16F4O. The second-order valence-electron chi connectivity index (χ2n) is 6.99. The predicted molar refractivity (Wildman–Crippen MR) is 109 cm³/mol. The molecule has 0 aromatic heterocycles. The van der Waals surface area contributed by atoms with Crippen LogP contribution in [0.15, 0.2) is 72.8 Å². The lowest BCUT2D eigenvalue weighted by molar-refractivity contribution is 0.408. The van der Waals surface area contributed by atoms with Crippen LogP contribution in [-0.4, -0.2) is 5.11 Å². The number of aryl methyl sites for hydroxylation is 1. The van der Waals surface area contributed by atoms with E-state index in [1.165, 1.54) is 12.1 Å². The van der Waals surface area contributed by atoms with E-state index in [1.54, 1.807) is 24.3 Å². The molecule has 1 nitrogen and oxygen atoms in total. The molecule has 0 aliphatic carbocycles. The number of rotatable bonds is 3. The van der Waals surface area contributed by atoms with Gasteiger partial charge >= 0.3 is 0 Å². The molecule has 0 saturated carbocycles. The lowest BCUT2D eigenvalue weighted by Gasteiger charge is -2.11. The lowest BCUT2D eigenvalue weighted by atomic mass is 9.96. The highest BCUT2D eigenvalue weighted by molar-refractivity contribution is 5.74. The van der Waals surface area contributed by atoms with Crippen LogP contribution >= 0.6 is 0 Å². The average Bonchev–Trinajstić information content (AvgIpc) is 2.75. The first-order valence-corrected chi connectivity index (χ1v) is 9.19. The van der Waals surface area contributed by atoms with Crippen molar-refractivity contribution in [3.63, 3.8) is 0 Å². The number of benzene rings is 4. The van der Waals surface area contributed by atoms with Gasteiger partial charge in [-0.15, -0.1) is 0 Å². The fraction of sp³-hybridized carbons (Fsp3) is 0.0400. The Morgan fingerprint density at radius 2 is 0.867 bits per heavy atom. The van der Waals surface area contributed by atoms with E-state index < -0.39 is 40.1 Å². The third kappa shape index (κ3) is 3.43. The van der Waals surface area contributed by atoms with E-state index in [-0.39, 0.29) is 5.56 Å². The predicted octanol–water partition coefficient (Wildman–Crippen LogP) is 7.26. The summed E-state index contributed by atoms with van der Waals surface area (Å²) in [6, 6.07) is 19.3. The van der Waals surface area contributed by atoms with E-state index in [9.17, 15) is 22.7 Å². The van der Waals surface area contributed by atoms with Crippen molar-refractivity contribution in [3.05, 3.63) is 102 Å². The highest BCUT2D eigenvalue weighted by atomic mass is 19.2. The third-order valence-electron chi connectivity index (χ3n) is 5.02. The molecule has 0 amide bonds. The number of hydrogen-bond donors (Lipinski definition) is 1. The summed E-state index contributed by atoms with van der Waals surface area (Å²) < 4.78 is 57.2. The van der Waals surface area contributed by atoms with Gasteiger partial charge < -0.3 is 5.11 Å². The van der Waals surface area contributed by atoms with Gasteiger partial charge in [0.15, 0.2) is 23.2 Å². The summed E-state index contributed by atoms with van der Waals surface area (Å²) in [5, 5.41) is 9.22. The van der Waals surface area contributed by atoms with Crippen molar-refractivity contribution in [2.24, 2.45) is 0 Å². The van der Waals surface area contributed by atoms with Crippen LogP contribution in [-0.2, 0) is 0 Å². The molecule has 4 aromatic carbocycles. The van der Waals surface area contributed by atoms with Crippen molar-refractivity contribution in [1.29, 1.82) is 0 Å². The molecule has 0 spiro atoms. The Morgan fingerprint density at radius 3 is 1.47 bits per heavy atom. The summed E-state index contributed by atoms with van der Waals surface area (Å²) in [6.07, 6.45) is 0. The maximum absolute atomic E-state index is 14.8. The van der Waals surface area contributed by atoms with Gasteiger partial charge in [-0.1, -0.05) is 66.2 Å². The molecule has 4 rings (SSSR count). The van der Waals surface area contributed by atoms with Crippen molar-refractivity contribution in [2.75, 3.05) is 0 Å².